The van der Waals surface area contributed by atoms with E-state index in [1.54, 1.807) is 36.4 Å². The van der Waals surface area contributed by atoms with Gasteiger partial charge in [-0.3, -0.25) is 24.0 Å². The molecule has 26 heteroatoms. The molecule has 0 N–H and O–H groups in total. The van der Waals surface area contributed by atoms with E-state index in [4.69, 9.17) is 71.3 Å². The van der Waals surface area contributed by atoms with Crippen LogP contribution in [0.15, 0.2) is 239 Å². The molecule has 0 bridgehead atoms. The van der Waals surface area contributed by atoms with Crippen molar-refractivity contribution in [2.75, 3.05) is 32.7 Å². The monoisotopic (exact) mass is 2120 g/mol. The highest BCUT2D eigenvalue weighted by Crippen LogP contribution is 2.32. The zero-order chi connectivity index (χ0) is 102. The molecule has 5 amide bonds. The van der Waals surface area contributed by atoms with Gasteiger partial charge in [-0.25, -0.2) is 24.9 Å². The number of amides is 5. The fraction of sp³-hybridized carbons (Fsp3) is 0.397. The van der Waals surface area contributed by atoms with Crippen LogP contribution in [0.4, 0.5) is 0 Å². The Balaban J connectivity index is 0.000000170. The number of imidazole rings is 5. The van der Waals surface area contributed by atoms with Crippen molar-refractivity contribution in [3.05, 3.63) is 322 Å². The molecule has 0 aliphatic heterocycles. The molecule has 0 aliphatic rings. The van der Waals surface area contributed by atoms with Crippen LogP contribution in [0.5, 0.6) is 0 Å². The van der Waals surface area contributed by atoms with Crippen molar-refractivity contribution in [3.63, 3.8) is 0 Å². The maximum atomic E-state index is 13.4. The lowest BCUT2D eigenvalue weighted by atomic mass is 10.0. The van der Waals surface area contributed by atoms with Gasteiger partial charge in [-0.15, -0.1) is 0 Å². The molecule has 0 radical (unpaired) electrons. The zero-order valence-electron chi connectivity index (χ0n) is 85.4. The smallest absolute Gasteiger partial charge is 0.255 e. The van der Waals surface area contributed by atoms with E-state index in [0.29, 0.717) is 125 Å². The molecule has 5 aromatic heterocycles. The Kier molecular flexibility index (Phi) is 43.7. The summed E-state index contributed by atoms with van der Waals surface area (Å²) >= 11 is 31.7. The van der Waals surface area contributed by atoms with E-state index in [1.165, 1.54) is 24.8 Å². The number of carbonyl (C=O) groups is 5. The number of halogens is 6. The number of hydrogen-bond acceptors (Lipinski definition) is 10. The van der Waals surface area contributed by atoms with E-state index in [1.807, 2.05) is 164 Å². The largest absolute Gasteiger partial charge is 0.331 e. The number of unbranched alkanes of at least 4 members (excludes halogenated alkanes) is 3. The second-order valence-corrected chi connectivity index (χ2v) is 41.5. The van der Waals surface area contributed by atoms with Gasteiger partial charge in [0.25, 0.3) is 29.5 Å². The molecule has 15 rings (SSSR count). The topological polar surface area (TPSA) is 191 Å². The van der Waals surface area contributed by atoms with Crippen molar-refractivity contribution in [2.45, 2.75) is 246 Å². The highest BCUT2D eigenvalue weighted by Gasteiger charge is 2.29. The van der Waals surface area contributed by atoms with Gasteiger partial charge in [0.15, 0.2) is 0 Å². The summed E-state index contributed by atoms with van der Waals surface area (Å²) in [6.07, 6.45) is 12.8. The van der Waals surface area contributed by atoms with E-state index < -0.39 is 0 Å². The number of aryl methyl sites for hydroxylation is 6. The predicted molar refractivity (Wildman–Crippen MR) is 594 cm³/mol. The fourth-order valence-electron chi connectivity index (χ4n) is 17.5. The molecule has 0 aliphatic carbocycles. The molecule has 5 heterocycles. The maximum Gasteiger partial charge on any atom is 0.255 e. The average molecular weight is 2130 g/mol. The number of carbonyl (C=O) groups excluding carboxylic acids is 5. The number of hydrogen-bond donors (Lipinski definition) is 0. The van der Waals surface area contributed by atoms with Crippen molar-refractivity contribution in [3.8, 4) is 0 Å². The first kappa shape index (κ1) is 111. The number of nitrogens with zero attached hydrogens (tertiary/aromatic N) is 15. The number of para-hydroxylation sites is 10. The summed E-state index contributed by atoms with van der Waals surface area (Å²) in [4.78, 5) is 100. The van der Waals surface area contributed by atoms with Crippen LogP contribution in [0.2, 0.25) is 20.1 Å². The highest BCUT2D eigenvalue weighted by atomic mass is 79.9. The van der Waals surface area contributed by atoms with E-state index in [0.717, 1.165) is 196 Å². The third-order valence-electron chi connectivity index (χ3n) is 24.2. The number of aromatic nitrogens is 10. The maximum absolute atomic E-state index is 13.4. The summed E-state index contributed by atoms with van der Waals surface area (Å²) in [6, 6.07) is 74.2. The molecule has 10 aromatic carbocycles. The summed E-state index contributed by atoms with van der Waals surface area (Å²) in [7, 11) is 0. The Morgan fingerprint density at radius 2 is 0.620 bits per heavy atom. The Bertz CT molecular complexity index is 6640. The standard InChI is InChI=1S/C27H37N3O.C23H27Cl2N3O.2C22H26BrN3O.C22H25Cl2N3O/c1-5-7-8-11-22-14-16-23(17-15-22)27(31)29(19-21(3)4)20-26-28-24-12-9-10-13-25(24)30(26)18-6-2;1-4-12-28-21-8-6-5-7-20(21)26-22(28)15-27(13-11-16(2)3)23(29)18-14-17(24)9-10-19(18)25;1-4-12-26-20-11-6-5-10-19(20)24-21(26)15-25(14-16(2)3)22(27)17-8-7-9-18(23)13-17;1-3-5-14-25(22(27)17-9-8-10-18(23)15-17)16-21-24-19-11-6-7-12-20(19)26(21)13-4-2;1-4-11-27-20-8-6-5-7-19(20)25-21(27)14-26(13-15(2)3)22(28)17-10-9-16(23)12-18(17)24/h9-10,12-17,21H,5-8,11,18-20H2,1-4H3;5-10,14,16H,4,11-13,15H2,1-3H3;5-11,13,16H,4,12,14-15H2,1-3H3;6-12,15H,3-5,13-14,16H2,1-2H3;5-10,12,15H,4,11,13-14H2,1-3H3. The van der Waals surface area contributed by atoms with Gasteiger partial charge in [-0.2, -0.15) is 0 Å². The first-order valence-corrected chi connectivity index (χ1v) is 53.7. The van der Waals surface area contributed by atoms with Gasteiger partial charge in [-0.1, -0.05) is 286 Å². The van der Waals surface area contributed by atoms with Gasteiger partial charge in [0, 0.05) is 101 Å². The van der Waals surface area contributed by atoms with Crippen LogP contribution in [-0.4, -0.2) is 135 Å². The van der Waals surface area contributed by atoms with Gasteiger partial charge >= 0.3 is 0 Å². The Morgan fingerprint density at radius 3 is 0.965 bits per heavy atom. The van der Waals surface area contributed by atoms with Crippen LogP contribution in [0, 0.1) is 23.7 Å². The highest BCUT2D eigenvalue weighted by molar-refractivity contribution is 9.10. The first-order chi connectivity index (χ1) is 68.5. The molecule has 0 spiro atoms. The zero-order valence-corrected chi connectivity index (χ0v) is 91.6. The van der Waals surface area contributed by atoms with E-state index in [9.17, 15) is 24.0 Å². The van der Waals surface area contributed by atoms with Crippen molar-refractivity contribution in [1.82, 2.24) is 72.3 Å². The van der Waals surface area contributed by atoms with E-state index in [-0.39, 0.29) is 29.5 Å². The fourth-order valence-corrected chi connectivity index (χ4v) is 19.2. The lowest BCUT2D eigenvalue weighted by Gasteiger charge is -2.25. The molecule has 0 saturated heterocycles. The van der Waals surface area contributed by atoms with E-state index >= 15 is 0 Å². The summed E-state index contributed by atoms with van der Waals surface area (Å²) in [5.41, 5.74) is 14.9. The van der Waals surface area contributed by atoms with Gasteiger partial charge in [0.05, 0.1) is 109 Å². The number of benzene rings is 10. The lowest BCUT2D eigenvalue weighted by Crippen LogP contribution is -2.35. The van der Waals surface area contributed by atoms with Crippen molar-refractivity contribution in [2.24, 2.45) is 23.7 Å². The Morgan fingerprint density at radius 1 is 0.296 bits per heavy atom. The number of fused-ring (bicyclic) bond motifs is 5. The summed E-state index contributed by atoms with van der Waals surface area (Å²) in [5.74, 6) is 6.18. The van der Waals surface area contributed by atoms with Crippen molar-refractivity contribution < 1.29 is 24.0 Å². The summed E-state index contributed by atoms with van der Waals surface area (Å²) in [5, 5.41) is 1.80. The Hall–Kier alpha value is -11.0. The summed E-state index contributed by atoms with van der Waals surface area (Å²) in [6.45, 7) is 42.5. The molecule has 0 fully saturated rings. The van der Waals surface area contributed by atoms with Crippen molar-refractivity contribution in [1.29, 1.82) is 0 Å². The van der Waals surface area contributed by atoms with Gasteiger partial charge in [0.1, 0.15) is 29.1 Å². The van der Waals surface area contributed by atoms with Crippen LogP contribution in [0.3, 0.4) is 0 Å². The molecule has 20 nitrogen and oxygen atoms in total. The van der Waals surface area contributed by atoms with Crippen LogP contribution in [0.25, 0.3) is 55.2 Å². The average Bonchev–Trinajstić information content (AvgIpc) is 1.66. The summed E-state index contributed by atoms with van der Waals surface area (Å²) < 4.78 is 13.0. The minimum absolute atomic E-state index is 0.0418. The van der Waals surface area contributed by atoms with E-state index in [2.05, 4.69) is 213 Å². The molecular weight excluding hydrogens is 1980 g/mol. The molecular formula is C116H141Br2Cl4N15O5. The SMILES string of the molecule is CCCCCc1ccc(C(=O)N(Cc2nc3ccccc3n2CCC)CC(C)C)cc1.CCCCN(Cc1nc2ccccc2n1CCC)C(=O)c1cccc(Br)c1.CCCn1c(CN(CC(C)C)C(=O)c2ccc(Cl)cc2Cl)nc2ccccc21.CCCn1c(CN(CC(C)C)C(=O)c2cccc(Br)c2)nc2ccccc21.CCCn1c(CN(CCC(C)C)C(=O)c2cc(Cl)ccc2Cl)nc2ccccc21. The third-order valence-corrected chi connectivity index (χ3v) is 26.3. The molecule has 15 aromatic rings. The minimum Gasteiger partial charge on any atom is -0.331 e. The Labute approximate surface area is 877 Å². The van der Waals surface area contributed by atoms with Crippen LogP contribution in [0.1, 0.15) is 261 Å². The molecule has 0 unspecified atom stereocenters. The van der Waals surface area contributed by atoms with Gasteiger partial charge in [0.2, 0.25) is 0 Å². The minimum atomic E-state index is -0.117. The second-order valence-electron chi connectivity index (χ2n) is 38.0. The second kappa shape index (κ2) is 55.8. The lowest BCUT2D eigenvalue weighted by molar-refractivity contribution is 0.0710. The molecule has 142 heavy (non-hydrogen) atoms. The van der Waals surface area contributed by atoms with Crippen LogP contribution >= 0.6 is 78.3 Å². The number of rotatable bonds is 41. The molecule has 752 valence electrons. The van der Waals surface area contributed by atoms with Gasteiger partial charge in [-0.05, 0) is 233 Å². The van der Waals surface area contributed by atoms with Crippen LogP contribution in [-0.2, 0) is 71.9 Å². The molecule has 0 saturated carbocycles. The van der Waals surface area contributed by atoms with Crippen molar-refractivity contribution >= 4 is 163 Å². The first-order valence-electron chi connectivity index (χ1n) is 50.6. The molecule has 0 atom stereocenters. The van der Waals surface area contributed by atoms with Gasteiger partial charge < -0.3 is 47.3 Å². The predicted octanol–water partition coefficient (Wildman–Crippen LogP) is 30.1. The normalized spacial score (nSPS) is 11.3. The third kappa shape index (κ3) is 31.0. The van der Waals surface area contributed by atoms with Crippen LogP contribution < -0.4 is 0 Å². The quantitative estimate of drug-likeness (QED) is 0.0333.